The van der Waals surface area contributed by atoms with Crippen LogP contribution in [0.25, 0.3) is 0 Å². The molecule has 0 heterocycles. The Morgan fingerprint density at radius 2 is 1.78 bits per heavy atom. The van der Waals surface area contributed by atoms with Crippen molar-refractivity contribution in [1.82, 2.24) is 10.2 Å². The van der Waals surface area contributed by atoms with Crippen LogP contribution in [0.5, 0.6) is 0 Å². The second kappa shape index (κ2) is 12.7. The normalized spacial score (nSPS) is 14.9. The summed E-state index contributed by atoms with van der Waals surface area (Å²) in [6, 6.07) is 14.4. The SMILES string of the molecule is CCC(C(=O)NC1CCCC1)N(CCc1ccccc1)C(=O)CN(c1ccc(Br)c(C)c1)S(C)(=O)=O. The Kier molecular flexibility index (Phi) is 9.96. The molecule has 0 saturated heterocycles. The maximum atomic E-state index is 13.7. The molecule has 1 aliphatic rings. The van der Waals surface area contributed by atoms with Crippen molar-refractivity contribution >= 4 is 43.5 Å². The van der Waals surface area contributed by atoms with E-state index < -0.39 is 22.0 Å². The molecule has 1 fully saturated rings. The molecule has 0 bridgehead atoms. The summed E-state index contributed by atoms with van der Waals surface area (Å²) in [5.74, 6) is -0.568. The molecular formula is C27H36BrN3O4S. The lowest BCUT2D eigenvalue weighted by Crippen LogP contribution is -2.54. The van der Waals surface area contributed by atoms with E-state index in [0.717, 1.165) is 51.8 Å². The predicted octanol–water partition coefficient (Wildman–Crippen LogP) is 4.43. The van der Waals surface area contributed by atoms with Crippen LogP contribution in [0, 0.1) is 6.92 Å². The molecule has 196 valence electrons. The zero-order chi connectivity index (χ0) is 26.3. The number of anilines is 1. The number of rotatable bonds is 11. The summed E-state index contributed by atoms with van der Waals surface area (Å²) in [6.07, 6.45) is 6.18. The first kappa shape index (κ1) is 28.2. The zero-order valence-electron chi connectivity index (χ0n) is 21.2. The number of nitrogens with zero attached hydrogens (tertiary/aromatic N) is 2. The van der Waals surface area contributed by atoms with E-state index in [-0.39, 0.29) is 18.5 Å². The number of carbonyl (C=O) groups is 2. The van der Waals surface area contributed by atoms with Gasteiger partial charge >= 0.3 is 0 Å². The van der Waals surface area contributed by atoms with Gasteiger partial charge in [-0.25, -0.2) is 8.42 Å². The maximum Gasteiger partial charge on any atom is 0.244 e. The third-order valence-electron chi connectivity index (χ3n) is 6.68. The monoisotopic (exact) mass is 577 g/mol. The summed E-state index contributed by atoms with van der Waals surface area (Å²) in [7, 11) is -3.74. The average Bonchev–Trinajstić information content (AvgIpc) is 3.34. The molecule has 7 nitrogen and oxygen atoms in total. The van der Waals surface area contributed by atoms with Gasteiger partial charge in [-0.15, -0.1) is 0 Å². The average molecular weight is 579 g/mol. The van der Waals surface area contributed by atoms with Gasteiger partial charge < -0.3 is 10.2 Å². The third-order valence-corrected chi connectivity index (χ3v) is 8.71. The number of halogens is 1. The van der Waals surface area contributed by atoms with Crippen molar-refractivity contribution in [2.45, 2.75) is 64.5 Å². The van der Waals surface area contributed by atoms with Crippen molar-refractivity contribution in [3.8, 4) is 0 Å². The van der Waals surface area contributed by atoms with Crippen LogP contribution in [-0.2, 0) is 26.0 Å². The van der Waals surface area contributed by atoms with Gasteiger partial charge in [-0.3, -0.25) is 13.9 Å². The molecule has 0 radical (unpaired) electrons. The fraction of sp³-hybridized carbons (Fsp3) is 0.481. The number of carbonyl (C=O) groups excluding carboxylic acids is 2. The van der Waals surface area contributed by atoms with Gasteiger partial charge in [0, 0.05) is 17.1 Å². The van der Waals surface area contributed by atoms with Crippen LogP contribution in [0.1, 0.15) is 50.2 Å². The van der Waals surface area contributed by atoms with Gasteiger partial charge in [0.05, 0.1) is 11.9 Å². The molecule has 3 rings (SSSR count). The van der Waals surface area contributed by atoms with Crippen molar-refractivity contribution in [2.75, 3.05) is 23.7 Å². The molecule has 2 aromatic carbocycles. The van der Waals surface area contributed by atoms with Crippen molar-refractivity contribution in [1.29, 1.82) is 0 Å². The minimum absolute atomic E-state index is 0.135. The molecule has 9 heteroatoms. The Bertz CT molecular complexity index is 1150. The molecule has 0 aliphatic heterocycles. The van der Waals surface area contributed by atoms with Gasteiger partial charge in [0.25, 0.3) is 0 Å². The van der Waals surface area contributed by atoms with Crippen LogP contribution in [0.2, 0.25) is 0 Å². The highest BCUT2D eigenvalue weighted by atomic mass is 79.9. The molecule has 1 unspecified atom stereocenters. The number of sulfonamides is 1. The van der Waals surface area contributed by atoms with Gasteiger partial charge in [0.1, 0.15) is 12.6 Å². The molecular weight excluding hydrogens is 542 g/mol. The first-order valence-electron chi connectivity index (χ1n) is 12.5. The molecule has 1 saturated carbocycles. The summed E-state index contributed by atoms with van der Waals surface area (Å²) in [5.41, 5.74) is 2.32. The molecule has 1 aliphatic carbocycles. The minimum atomic E-state index is -3.74. The lowest BCUT2D eigenvalue weighted by atomic mass is 10.1. The molecule has 0 aromatic heterocycles. The molecule has 2 amide bonds. The Labute approximate surface area is 223 Å². The number of aryl methyl sites for hydroxylation is 1. The van der Waals surface area contributed by atoms with Crippen molar-refractivity contribution < 1.29 is 18.0 Å². The van der Waals surface area contributed by atoms with Crippen LogP contribution in [0.15, 0.2) is 53.0 Å². The summed E-state index contributed by atoms with van der Waals surface area (Å²) < 4.78 is 27.4. The van der Waals surface area contributed by atoms with E-state index in [2.05, 4.69) is 21.2 Å². The number of amides is 2. The quantitative estimate of drug-likeness (QED) is 0.428. The minimum Gasteiger partial charge on any atom is -0.352 e. The molecule has 0 spiro atoms. The van der Waals surface area contributed by atoms with E-state index in [1.165, 1.54) is 0 Å². The number of hydrogen-bond acceptors (Lipinski definition) is 4. The van der Waals surface area contributed by atoms with Gasteiger partial charge in [-0.2, -0.15) is 0 Å². The Balaban J connectivity index is 1.87. The van der Waals surface area contributed by atoms with Gasteiger partial charge in [0.15, 0.2) is 0 Å². The van der Waals surface area contributed by atoms with Crippen molar-refractivity contribution in [3.63, 3.8) is 0 Å². The molecule has 2 aromatic rings. The van der Waals surface area contributed by atoms with E-state index >= 15 is 0 Å². The van der Waals surface area contributed by atoms with Gasteiger partial charge in [0.2, 0.25) is 21.8 Å². The zero-order valence-corrected chi connectivity index (χ0v) is 23.6. The molecule has 36 heavy (non-hydrogen) atoms. The number of benzene rings is 2. The lowest BCUT2D eigenvalue weighted by Gasteiger charge is -2.33. The molecule has 1 atom stereocenters. The smallest absolute Gasteiger partial charge is 0.244 e. The number of hydrogen-bond donors (Lipinski definition) is 1. The van der Waals surface area contributed by atoms with Crippen molar-refractivity contribution in [3.05, 3.63) is 64.1 Å². The second-order valence-electron chi connectivity index (χ2n) is 9.44. The van der Waals surface area contributed by atoms with E-state index in [9.17, 15) is 18.0 Å². The van der Waals surface area contributed by atoms with Crippen LogP contribution >= 0.6 is 15.9 Å². The Hall–Kier alpha value is -2.39. The van der Waals surface area contributed by atoms with Crippen LogP contribution in [-0.4, -0.2) is 56.6 Å². The fourth-order valence-electron chi connectivity index (χ4n) is 4.66. The van der Waals surface area contributed by atoms with E-state index in [4.69, 9.17) is 0 Å². The summed E-state index contributed by atoms with van der Waals surface area (Å²) >= 11 is 3.44. The fourth-order valence-corrected chi connectivity index (χ4v) is 5.75. The van der Waals surface area contributed by atoms with Gasteiger partial charge in [-0.05, 0) is 61.9 Å². The Morgan fingerprint density at radius 1 is 1.11 bits per heavy atom. The largest absolute Gasteiger partial charge is 0.352 e. The highest BCUT2D eigenvalue weighted by Gasteiger charge is 2.32. The lowest BCUT2D eigenvalue weighted by molar-refractivity contribution is -0.139. The predicted molar refractivity (Wildman–Crippen MR) is 147 cm³/mol. The topological polar surface area (TPSA) is 86.8 Å². The third kappa shape index (κ3) is 7.56. The number of nitrogens with one attached hydrogen (secondary N) is 1. The summed E-state index contributed by atoms with van der Waals surface area (Å²) in [6.45, 7) is 3.69. The highest BCUT2D eigenvalue weighted by molar-refractivity contribution is 9.10. The molecule has 1 N–H and O–H groups in total. The second-order valence-corrected chi connectivity index (χ2v) is 12.2. The highest BCUT2D eigenvalue weighted by Crippen LogP contribution is 2.25. The van der Waals surface area contributed by atoms with Crippen LogP contribution < -0.4 is 9.62 Å². The van der Waals surface area contributed by atoms with Crippen molar-refractivity contribution in [2.24, 2.45) is 0 Å². The Morgan fingerprint density at radius 3 is 2.36 bits per heavy atom. The summed E-state index contributed by atoms with van der Waals surface area (Å²) in [4.78, 5) is 28.6. The van der Waals surface area contributed by atoms with E-state index in [1.807, 2.05) is 44.2 Å². The first-order chi connectivity index (χ1) is 17.1. The maximum absolute atomic E-state index is 13.7. The van der Waals surface area contributed by atoms with E-state index in [0.29, 0.717) is 25.1 Å². The van der Waals surface area contributed by atoms with Gasteiger partial charge in [-0.1, -0.05) is 66.0 Å². The summed E-state index contributed by atoms with van der Waals surface area (Å²) in [5, 5.41) is 3.12. The van der Waals surface area contributed by atoms with Crippen LogP contribution in [0.3, 0.4) is 0 Å². The van der Waals surface area contributed by atoms with Crippen LogP contribution in [0.4, 0.5) is 5.69 Å². The standard InChI is InChI=1S/C27H36BrN3O4S/c1-4-25(27(33)29-22-12-8-9-13-22)30(17-16-21-10-6-5-7-11-21)26(32)19-31(36(3,34)35)23-14-15-24(28)20(2)18-23/h5-7,10-11,14-15,18,22,25H,4,8-9,12-13,16-17,19H2,1-3H3,(H,29,33). The van der Waals surface area contributed by atoms with E-state index in [1.54, 1.807) is 23.1 Å². The first-order valence-corrected chi connectivity index (χ1v) is 15.1.